The monoisotopic (exact) mass is 231 g/mol. The van der Waals surface area contributed by atoms with Crippen molar-refractivity contribution in [1.29, 1.82) is 0 Å². The van der Waals surface area contributed by atoms with Gasteiger partial charge in [0.15, 0.2) is 0 Å². The van der Waals surface area contributed by atoms with Crippen LogP contribution in [-0.4, -0.2) is 48.6 Å². The van der Waals surface area contributed by atoms with Gasteiger partial charge in [-0.3, -0.25) is 4.90 Å². The molecule has 2 unspecified atom stereocenters. The second-order valence-corrected chi connectivity index (χ2v) is 5.43. The van der Waals surface area contributed by atoms with Crippen molar-refractivity contribution in [3.63, 3.8) is 0 Å². The number of benzene rings is 1. The van der Waals surface area contributed by atoms with Gasteiger partial charge in [0, 0.05) is 37.4 Å². The number of rotatable bonds is 3. The van der Waals surface area contributed by atoms with Gasteiger partial charge in [0.2, 0.25) is 0 Å². The Morgan fingerprint density at radius 3 is 2.71 bits per heavy atom. The van der Waals surface area contributed by atoms with Crippen LogP contribution in [0.4, 0.5) is 5.69 Å². The normalized spacial score (nSPS) is 29.0. The zero-order valence-electron chi connectivity index (χ0n) is 10.5. The highest BCUT2D eigenvalue weighted by Gasteiger charge is 2.40. The van der Waals surface area contributed by atoms with Crippen LogP contribution in [0.15, 0.2) is 24.3 Å². The lowest BCUT2D eigenvalue weighted by molar-refractivity contribution is 0.151. The highest BCUT2D eigenvalue weighted by atomic mass is 15.3. The first-order chi connectivity index (χ1) is 8.24. The van der Waals surface area contributed by atoms with Crippen molar-refractivity contribution < 1.29 is 0 Å². The minimum absolute atomic E-state index is 0.787. The van der Waals surface area contributed by atoms with E-state index in [4.69, 9.17) is 5.73 Å². The molecule has 2 saturated heterocycles. The van der Waals surface area contributed by atoms with Crippen LogP contribution in [-0.2, 0) is 6.42 Å². The molecule has 1 aromatic carbocycles. The molecule has 2 aliphatic rings. The van der Waals surface area contributed by atoms with Crippen LogP contribution < -0.4 is 5.73 Å². The lowest BCUT2D eigenvalue weighted by atomic mass is 10.1. The van der Waals surface area contributed by atoms with Crippen LogP contribution in [0.2, 0.25) is 0 Å². The van der Waals surface area contributed by atoms with Gasteiger partial charge in [0.1, 0.15) is 0 Å². The number of para-hydroxylation sites is 1. The molecular formula is C14H21N3. The van der Waals surface area contributed by atoms with E-state index in [0.29, 0.717) is 0 Å². The van der Waals surface area contributed by atoms with E-state index in [1.165, 1.54) is 25.1 Å². The van der Waals surface area contributed by atoms with Gasteiger partial charge < -0.3 is 10.6 Å². The summed E-state index contributed by atoms with van der Waals surface area (Å²) in [6.07, 6.45) is 2.44. The number of likely N-dealkylation sites (tertiary alicyclic amines) is 2. The first-order valence-corrected chi connectivity index (χ1v) is 6.51. The van der Waals surface area contributed by atoms with Crippen molar-refractivity contribution in [1.82, 2.24) is 9.80 Å². The van der Waals surface area contributed by atoms with E-state index in [-0.39, 0.29) is 0 Å². The van der Waals surface area contributed by atoms with Crippen molar-refractivity contribution >= 4 is 5.69 Å². The van der Waals surface area contributed by atoms with Crippen LogP contribution >= 0.6 is 0 Å². The fourth-order valence-electron chi connectivity index (χ4n) is 3.25. The summed E-state index contributed by atoms with van der Waals surface area (Å²) in [7, 11) is 2.25. The molecule has 3 heteroatoms. The Labute approximate surface area is 103 Å². The molecule has 2 aliphatic heterocycles. The largest absolute Gasteiger partial charge is 0.399 e. The quantitative estimate of drug-likeness (QED) is 0.793. The van der Waals surface area contributed by atoms with Gasteiger partial charge in [-0.1, -0.05) is 18.2 Å². The van der Waals surface area contributed by atoms with Crippen LogP contribution in [0, 0.1) is 0 Å². The Hall–Kier alpha value is -1.06. The standard InChI is InChI=1S/C14H21N3/c1-16-9-13-8-12(16)10-17(13)7-6-11-4-2-3-5-14(11)15/h2-5,12-13H,6-10,15H2,1H3. The Kier molecular flexibility index (Phi) is 2.81. The number of nitrogen functional groups attached to an aromatic ring is 1. The minimum atomic E-state index is 0.787. The number of hydrogen-bond donors (Lipinski definition) is 1. The maximum absolute atomic E-state index is 5.98. The molecule has 0 aliphatic carbocycles. The molecule has 1 aromatic rings. The zero-order valence-corrected chi connectivity index (χ0v) is 10.5. The summed E-state index contributed by atoms with van der Waals surface area (Å²) in [6.45, 7) is 3.64. The van der Waals surface area contributed by atoms with Gasteiger partial charge in [-0.05, 0) is 31.5 Å². The van der Waals surface area contributed by atoms with E-state index in [1.54, 1.807) is 0 Å². The summed E-state index contributed by atoms with van der Waals surface area (Å²) in [6, 6.07) is 9.82. The molecule has 0 spiro atoms. The maximum atomic E-state index is 5.98. The van der Waals surface area contributed by atoms with Gasteiger partial charge in [-0.2, -0.15) is 0 Å². The van der Waals surface area contributed by atoms with Crippen molar-refractivity contribution in [2.24, 2.45) is 0 Å². The lowest BCUT2D eigenvalue weighted by Gasteiger charge is -2.31. The Bertz CT molecular complexity index is 402. The molecule has 92 valence electrons. The van der Waals surface area contributed by atoms with Crippen molar-refractivity contribution in [2.45, 2.75) is 24.9 Å². The highest BCUT2D eigenvalue weighted by Crippen LogP contribution is 2.29. The number of anilines is 1. The van der Waals surface area contributed by atoms with E-state index in [9.17, 15) is 0 Å². The van der Waals surface area contributed by atoms with Crippen molar-refractivity contribution in [3.05, 3.63) is 29.8 Å². The Balaban J connectivity index is 1.58. The Morgan fingerprint density at radius 1 is 1.24 bits per heavy atom. The van der Waals surface area contributed by atoms with Gasteiger partial charge in [0.05, 0.1) is 0 Å². The van der Waals surface area contributed by atoms with Crippen LogP contribution in [0.3, 0.4) is 0 Å². The van der Waals surface area contributed by atoms with E-state index >= 15 is 0 Å². The number of hydrogen-bond acceptors (Lipinski definition) is 3. The van der Waals surface area contributed by atoms with E-state index in [1.807, 2.05) is 12.1 Å². The molecule has 2 heterocycles. The first kappa shape index (κ1) is 11.1. The number of nitrogens with two attached hydrogens (primary N) is 1. The highest BCUT2D eigenvalue weighted by molar-refractivity contribution is 5.46. The summed E-state index contributed by atoms with van der Waals surface area (Å²) >= 11 is 0. The minimum Gasteiger partial charge on any atom is -0.399 e. The molecule has 0 aromatic heterocycles. The smallest absolute Gasteiger partial charge is 0.0347 e. The molecule has 3 rings (SSSR count). The summed E-state index contributed by atoms with van der Waals surface area (Å²) in [4.78, 5) is 5.13. The molecular weight excluding hydrogens is 210 g/mol. The third-order valence-corrected chi connectivity index (χ3v) is 4.35. The molecule has 0 saturated carbocycles. The molecule has 2 bridgehead atoms. The van der Waals surface area contributed by atoms with Crippen LogP contribution in [0.1, 0.15) is 12.0 Å². The summed E-state index contributed by atoms with van der Waals surface area (Å²) in [5, 5.41) is 0. The lowest BCUT2D eigenvalue weighted by Crippen LogP contribution is -2.45. The van der Waals surface area contributed by atoms with Gasteiger partial charge in [-0.15, -0.1) is 0 Å². The van der Waals surface area contributed by atoms with Crippen LogP contribution in [0.25, 0.3) is 0 Å². The van der Waals surface area contributed by atoms with Crippen LogP contribution in [0.5, 0.6) is 0 Å². The molecule has 2 fully saturated rings. The SMILES string of the molecule is CN1CC2CC1CN2CCc1ccccc1N. The number of nitrogens with zero attached hydrogens (tertiary/aromatic N) is 2. The predicted octanol–water partition coefficient (Wildman–Crippen LogP) is 1.20. The van der Waals surface area contributed by atoms with E-state index < -0.39 is 0 Å². The zero-order chi connectivity index (χ0) is 11.8. The van der Waals surface area contributed by atoms with Gasteiger partial charge in [-0.25, -0.2) is 0 Å². The van der Waals surface area contributed by atoms with E-state index in [2.05, 4.69) is 29.0 Å². The van der Waals surface area contributed by atoms with Gasteiger partial charge in [0.25, 0.3) is 0 Å². The maximum Gasteiger partial charge on any atom is 0.0347 e. The fraction of sp³-hybridized carbons (Fsp3) is 0.571. The molecule has 2 atom stereocenters. The average Bonchev–Trinajstić information content (AvgIpc) is 2.86. The number of piperazine rings is 1. The van der Waals surface area contributed by atoms with Gasteiger partial charge >= 0.3 is 0 Å². The Morgan fingerprint density at radius 2 is 2.06 bits per heavy atom. The summed E-state index contributed by atoms with van der Waals surface area (Å²) in [5.41, 5.74) is 8.21. The number of fused-ring (bicyclic) bond motifs is 2. The second-order valence-electron chi connectivity index (χ2n) is 5.43. The third kappa shape index (κ3) is 2.05. The molecule has 0 amide bonds. The molecule has 0 radical (unpaired) electrons. The third-order valence-electron chi connectivity index (χ3n) is 4.35. The fourth-order valence-corrected chi connectivity index (χ4v) is 3.25. The predicted molar refractivity (Wildman–Crippen MR) is 71.0 cm³/mol. The topological polar surface area (TPSA) is 32.5 Å². The summed E-state index contributed by atoms with van der Waals surface area (Å²) in [5.74, 6) is 0. The number of likely N-dealkylation sites (N-methyl/N-ethyl adjacent to an activating group) is 1. The first-order valence-electron chi connectivity index (χ1n) is 6.51. The average molecular weight is 231 g/mol. The van der Waals surface area contributed by atoms with Crippen molar-refractivity contribution in [2.75, 3.05) is 32.4 Å². The molecule has 3 nitrogen and oxygen atoms in total. The van der Waals surface area contributed by atoms with Crippen molar-refractivity contribution in [3.8, 4) is 0 Å². The van der Waals surface area contributed by atoms with E-state index in [0.717, 1.165) is 30.7 Å². The summed E-state index contributed by atoms with van der Waals surface area (Å²) < 4.78 is 0. The second kappa shape index (κ2) is 4.31. The molecule has 2 N–H and O–H groups in total. The molecule has 17 heavy (non-hydrogen) atoms.